The summed E-state index contributed by atoms with van der Waals surface area (Å²) in [5, 5.41) is 1.13. The van der Waals surface area contributed by atoms with E-state index >= 15 is 0 Å². The molecule has 0 saturated carbocycles. The summed E-state index contributed by atoms with van der Waals surface area (Å²) in [5.41, 5.74) is 2.98. The highest BCUT2D eigenvalue weighted by molar-refractivity contribution is 5.79. The first kappa shape index (κ1) is 11.5. The normalized spacial score (nSPS) is 11.8. The average molecular weight is 247 g/mol. The predicted molar refractivity (Wildman–Crippen MR) is 78.5 cm³/mol. The molecule has 3 rings (SSSR count). The van der Waals surface area contributed by atoms with Crippen LogP contribution in [0, 0.1) is 0 Å². The second kappa shape index (κ2) is 5.36. The van der Waals surface area contributed by atoms with Gasteiger partial charge < -0.3 is 4.42 Å². The molecule has 92 valence electrons. The molecule has 0 atom stereocenters. The summed E-state index contributed by atoms with van der Waals surface area (Å²) < 4.78 is 5.37. The maximum Gasteiger partial charge on any atom is 0.134 e. The standard InChI is InChI=1S/C17H13NO/c1(2-6-16-7-3-4-11-18-16)5-14-8-9-15-10-12-19-17(15)13-14/h1-13H. The lowest BCUT2D eigenvalue weighted by molar-refractivity contribution is 0.616. The van der Waals surface area contributed by atoms with Crippen molar-refractivity contribution >= 4 is 23.1 Å². The Balaban J connectivity index is 1.73. The zero-order chi connectivity index (χ0) is 12.9. The fourth-order valence-corrected chi connectivity index (χ4v) is 1.87. The number of allylic oxidation sites excluding steroid dienone is 2. The van der Waals surface area contributed by atoms with Gasteiger partial charge in [0.15, 0.2) is 0 Å². The van der Waals surface area contributed by atoms with Crippen molar-refractivity contribution in [3.63, 3.8) is 0 Å². The summed E-state index contributed by atoms with van der Waals surface area (Å²) in [6.07, 6.45) is 11.5. The first-order valence-corrected chi connectivity index (χ1v) is 6.15. The highest BCUT2D eigenvalue weighted by Gasteiger charge is 1.95. The van der Waals surface area contributed by atoms with Crippen LogP contribution in [-0.4, -0.2) is 4.98 Å². The molecule has 0 aliphatic rings. The van der Waals surface area contributed by atoms with Gasteiger partial charge in [-0.2, -0.15) is 0 Å². The molecule has 0 N–H and O–H groups in total. The zero-order valence-electron chi connectivity index (χ0n) is 10.4. The first-order valence-electron chi connectivity index (χ1n) is 6.15. The van der Waals surface area contributed by atoms with E-state index in [1.807, 2.05) is 54.6 Å². The fourth-order valence-electron chi connectivity index (χ4n) is 1.87. The van der Waals surface area contributed by atoms with E-state index in [1.165, 1.54) is 0 Å². The van der Waals surface area contributed by atoms with Gasteiger partial charge in [0.1, 0.15) is 5.58 Å². The number of pyridine rings is 1. The smallest absolute Gasteiger partial charge is 0.134 e. The minimum Gasteiger partial charge on any atom is -0.464 e. The summed E-state index contributed by atoms with van der Waals surface area (Å²) in [6.45, 7) is 0. The zero-order valence-corrected chi connectivity index (χ0v) is 10.4. The molecule has 0 spiro atoms. The van der Waals surface area contributed by atoms with Gasteiger partial charge in [-0.3, -0.25) is 4.98 Å². The number of nitrogens with zero attached hydrogens (tertiary/aromatic N) is 1. The molecule has 2 nitrogen and oxygen atoms in total. The van der Waals surface area contributed by atoms with E-state index in [1.54, 1.807) is 12.5 Å². The van der Waals surface area contributed by atoms with Crippen LogP contribution in [0.4, 0.5) is 0 Å². The molecule has 2 aromatic heterocycles. The highest BCUT2D eigenvalue weighted by atomic mass is 16.3. The lowest BCUT2D eigenvalue weighted by atomic mass is 10.1. The van der Waals surface area contributed by atoms with Crippen LogP contribution in [0.3, 0.4) is 0 Å². The van der Waals surface area contributed by atoms with Gasteiger partial charge in [0.2, 0.25) is 0 Å². The van der Waals surface area contributed by atoms with Gasteiger partial charge in [-0.1, -0.05) is 36.4 Å². The van der Waals surface area contributed by atoms with Crippen molar-refractivity contribution in [1.82, 2.24) is 4.98 Å². The molecule has 0 bridgehead atoms. The van der Waals surface area contributed by atoms with Gasteiger partial charge in [0.05, 0.1) is 12.0 Å². The lowest BCUT2D eigenvalue weighted by Gasteiger charge is -1.92. The van der Waals surface area contributed by atoms with Crippen LogP contribution in [0.1, 0.15) is 11.3 Å². The van der Waals surface area contributed by atoms with Crippen molar-refractivity contribution in [1.29, 1.82) is 0 Å². The van der Waals surface area contributed by atoms with Crippen molar-refractivity contribution in [2.45, 2.75) is 0 Å². The molecule has 0 fully saturated rings. The third-order valence-corrected chi connectivity index (χ3v) is 2.83. The maximum atomic E-state index is 5.37. The van der Waals surface area contributed by atoms with E-state index in [9.17, 15) is 0 Å². The molecule has 2 heterocycles. The van der Waals surface area contributed by atoms with Gasteiger partial charge >= 0.3 is 0 Å². The molecule has 0 aliphatic carbocycles. The molecule has 3 aromatic rings. The van der Waals surface area contributed by atoms with Crippen LogP contribution < -0.4 is 0 Å². The number of furan rings is 1. The average Bonchev–Trinajstić information content (AvgIpc) is 2.92. The first-order chi connectivity index (χ1) is 9.42. The van der Waals surface area contributed by atoms with Crippen LogP contribution in [0.2, 0.25) is 0 Å². The summed E-state index contributed by atoms with van der Waals surface area (Å²) in [4.78, 5) is 4.22. The van der Waals surface area contributed by atoms with E-state index in [2.05, 4.69) is 17.1 Å². The molecule has 0 unspecified atom stereocenters. The van der Waals surface area contributed by atoms with Crippen LogP contribution in [-0.2, 0) is 0 Å². The van der Waals surface area contributed by atoms with Crippen LogP contribution >= 0.6 is 0 Å². The Morgan fingerprint density at radius 1 is 0.947 bits per heavy atom. The van der Waals surface area contributed by atoms with E-state index in [0.717, 1.165) is 22.2 Å². The van der Waals surface area contributed by atoms with Crippen LogP contribution in [0.5, 0.6) is 0 Å². The van der Waals surface area contributed by atoms with Crippen LogP contribution in [0.25, 0.3) is 23.1 Å². The Morgan fingerprint density at radius 3 is 2.79 bits per heavy atom. The third kappa shape index (κ3) is 2.80. The van der Waals surface area contributed by atoms with E-state index < -0.39 is 0 Å². The van der Waals surface area contributed by atoms with E-state index in [4.69, 9.17) is 4.42 Å². The fraction of sp³-hybridized carbons (Fsp3) is 0. The Bertz CT molecular complexity index is 723. The maximum absolute atomic E-state index is 5.37. The van der Waals surface area contributed by atoms with Crippen molar-refractivity contribution < 1.29 is 4.42 Å². The second-order valence-corrected chi connectivity index (χ2v) is 4.19. The molecule has 0 amide bonds. The third-order valence-electron chi connectivity index (χ3n) is 2.83. The summed E-state index contributed by atoms with van der Waals surface area (Å²) >= 11 is 0. The largest absolute Gasteiger partial charge is 0.464 e. The SMILES string of the molecule is C(C=Cc1ccccn1)=Cc1ccc2ccoc2c1. The molecular weight excluding hydrogens is 234 g/mol. The Morgan fingerprint density at radius 2 is 1.89 bits per heavy atom. The number of aromatic nitrogens is 1. The van der Waals surface area contributed by atoms with Gasteiger partial charge in [0.25, 0.3) is 0 Å². The topological polar surface area (TPSA) is 26.0 Å². The summed E-state index contributed by atoms with van der Waals surface area (Å²) in [6, 6.07) is 14.0. The number of hydrogen-bond acceptors (Lipinski definition) is 2. The quantitative estimate of drug-likeness (QED) is 0.634. The predicted octanol–water partition coefficient (Wildman–Crippen LogP) is 4.55. The lowest BCUT2D eigenvalue weighted by Crippen LogP contribution is -1.75. The second-order valence-electron chi connectivity index (χ2n) is 4.19. The van der Waals surface area contributed by atoms with Gasteiger partial charge in [0, 0.05) is 11.6 Å². The van der Waals surface area contributed by atoms with Crippen LogP contribution in [0.15, 0.2) is 71.5 Å². The van der Waals surface area contributed by atoms with Crippen molar-refractivity contribution in [2.24, 2.45) is 0 Å². The molecule has 19 heavy (non-hydrogen) atoms. The molecule has 0 aliphatic heterocycles. The van der Waals surface area contributed by atoms with E-state index in [-0.39, 0.29) is 0 Å². The number of fused-ring (bicyclic) bond motifs is 1. The van der Waals surface area contributed by atoms with E-state index in [0.29, 0.717) is 0 Å². The Kier molecular flexibility index (Phi) is 3.24. The number of rotatable bonds is 3. The molecule has 2 heteroatoms. The number of benzene rings is 1. The van der Waals surface area contributed by atoms with Crippen molar-refractivity contribution in [3.8, 4) is 0 Å². The number of hydrogen-bond donors (Lipinski definition) is 0. The molecule has 0 saturated heterocycles. The monoisotopic (exact) mass is 247 g/mol. The van der Waals surface area contributed by atoms with Crippen molar-refractivity contribution in [3.05, 3.63) is 78.3 Å². The molecular formula is C17H13NO. The Hall–Kier alpha value is -2.61. The minimum absolute atomic E-state index is 0.913. The van der Waals surface area contributed by atoms with Gasteiger partial charge in [-0.05, 0) is 35.9 Å². The summed E-state index contributed by atoms with van der Waals surface area (Å²) in [5.74, 6) is 0. The molecule has 1 aromatic carbocycles. The Labute approximate surface area is 111 Å². The highest BCUT2D eigenvalue weighted by Crippen LogP contribution is 2.17. The summed E-state index contributed by atoms with van der Waals surface area (Å²) in [7, 11) is 0. The van der Waals surface area contributed by atoms with Gasteiger partial charge in [-0.15, -0.1) is 0 Å². The van der Waals surface area contributed by atoms with Crippen molar-refractivity contribution in [2.75, 3.05) is 0 Å². The van der Waals surface area contributed by atoms with Gasteiger partial charge in [-0.25, -0.2) is 0 Å². The minimum atomic E-state index is 0.913. The molecule has 0 radical (unpaired) electrons.